The molecule has 7 heteroatoms. The molecule has 2 aromatic rings. The summed E-state index contributed by atoms with van der Waals surface area (Å²) in [5, 5.41) is 3.53. The molecule has 26 heavy (non-hydrogen) atoms. The molecular weight excluding hydrogens is 368 g/mol. The minimum absolute atomic E-state index is 0.210. The van der Waals surface area contributed by atoms with Crippen LogP contribution in [0.25, 0.3) is 0 Å². The molecule has 1 N–H and O–H groups in total. The van der Waals surface area contributed by atoms with Crippen molar-refractivity contribution in [3.05, 3.63) is 45.8 Å². The zero-order valence-electron chi connectivity index (χ0n) is 15.1. The Balaban J connectivity index is 1.93. The van der Waals surface area contributed by atoms with E-state index in [1.54, 1.807) is 24.8 Å². The quantitative estimate of drug-likeness (QED) is 0.620. The Labute approximate surface area is 161 Å². The molecule has 0 atom stereocenters. The van der Waals surface area contributed by atoms with Crippen LogP contribution in [0.2, 0.25) is 0 Å². The Morgan fingerprint density at radius 2 is 2.19 bits per heavy atom. The molecule has 2 heterocycles. The second-order valence-corrected chi connectivity index (χ2v) is 8.09. The zero-order chi connectivity index (χ0) is 18.7. The van der Waals surface area contributed by atoms with Crippen LogP contribution in [0, 0.1) is 0 Å². The van der Waals surface area contributed by atoms with Gasteiger partial charge in [-0.25, -0.2) is 4.79 Å². The smallest absolute Gasteiger partial charge is 0.341 e. The van der Waals surface area contributed by atoms with Gasteiger partial charge in [-0.2, -0.15) is 0 Å². The number of carbonyl (C=O) groups is 2. The number of amides is 1. The standard InChI is InChI=1S/C19H22N2O3S2/c1-4-24-19(23)16-14-8-9-21(2)11-15(14)26-18(16)20-17(22)12-6-5-7-13(10-12)25-3/h5-7,10H,4,8-9,11H2,1-3H3,(H,20,22). The van der Waals surface area contributed by atoms with Crippen LogP contribution in [0.4, 0.5) is 5.00 Å². The van der Waals surface area contributed by atoms with E-state index in [2.05, 4.69) is 17.3 Å². The van der Waals surface area contributed by atoms with Crippen molar-refractivity contribution in [3.8, 4) is 0 Å². The molecule has 3 rings (SSSR count). The Bertz CT molecular complexity index is 832. The first-order valence-corrected chi connectivity index (χ1v) is 10.5. The number of ether oxygens (including phenoxy) is 1. The van der Waals surface area contributed by atoms with Crippen molar-refractivity contribution in [1.82, 2.24) is 4.90 Å². The zero-order valence-corrected chi connectivity index (χ0v) is 16.8. The SMILES string of the molecule is CCOC(=O)c1c(NC(=O)c2cccc(SC)c2)sc2c1CCN(C)C2. The molecule has 1 aliphatic rings. The first kappa shape index (κ1) is 18.9. The van der Waals surface area contributed by atoms with Crippen molar-refractivity contribution in [3.63, 3.8) is 0 Å². The molecule has 0 spiro atoms. The van der Waals surface area contributed by atoms with Crippen molar-refractivity contribution in [2.45, 2.75) is 24.8 Å². The molecule has 0 saturated heterocycles. The molecule has 0 radical (unpaired) electrons. The molecule has 0 fully saturated rings. The number of thiophene rings is 1. The lowest BCUT2D eigenvalue weighted by atomic mass is 10.0. The van der Waals surface area contributed by atoms with Gasteiger partial charge in [0.1, 0.15) is 5.00 Å². The first-order chi connectivity index (χ1) is 12.5. The van der Waals surface area contributed by atoms with Gasteiger partial charge in [-0.05, 0) is 50.4 Å². The monoisotopic (exact) mass is 390 g/mol. The number of nitrogens with zero attached hydrogens (tertiary/aromatic N) is 1. The van der Waals surface area contributed by atoms with E-state index in [1.807, 2.05) is 24.5 Å². The van der Waals surface area contributed by atoms with E-state index in [0.29, 0.717) is 22.7 Å². The van der Waals surface area contributed by atoms with Crippen LogP contribution < -0.4 is 5.32 Å². The highest BCUT2D eigenvalue weighted by molar-refractivity contribution is 7.98. The van der Waals surface area contributed by atoms with Crippen LogP contribution >= 0.6 is 23.1 Å². The fraction of sp³-hybridized carbons (Fsp3) is 0.368. The van der Waals surface area contributed by atoms with Gasteiger partial charge in [0.05, 0.1) is 12.2 Å². The van der Waals surface area contributed by atoms with Gasteiger partial charge in [-0.15, -0.1) is 23.1 Å². The van der Waals surface area contributed by atoms with Crippen molar-refractivity contribution >= 4 is 40.0 Å². The van der Waals surface area contributed by atoms with E-state index >= 15 is 0 Å². The van der Waals surface area contributed by atoms with Crippen molar-refractivity contribution in [2.75, 3.05) is 31.8 Å². The summed E-state index contributed by atoms with van der Waals surface area (Å²) < 4.78 is 5.24. The molecule has 138 valence electrons. The number of esters is 1. The summed E-state index contributed by atoms with van der Waals surface area (Å²) in [5.41, 5.74) is 2.11. The first-order valence-electron chi connectivity index (χ1n) is 8.49. The molecule has 1 aromatic carbocycles. The van der Waals surface area contributed by atoms with E-state index in [4.69, 9.17) is 4.74 Å². The Kier molecular flexibility index (Phi) is 6.01. The van der Waals surface area contributed by atoms with Crippen molar-refractivity contribution in [2.24, 2.45) is 0 Å². The molecule has 5 nitrogen and oxygen atoms in total. The number of rotatable bonds is 5. The van der Waals surface area contributed by atoms with Gasteiger partial charge >= 0.3 is 5.97 Å². The maximum atomic E-state index is 12.7. The van der Waals surface area contributed by atoms with Crippen LogP contribution in [0.1, 0.15) is 38.1 Å². The lowest BCUT2D eigenvalue weighted by Gasteiger charge is -2.22. The number of hydrogen-bond donors (Lipinski definition) is 1. The molecule has 0 unspecified atom stereocenters. The van der Waals surface area contributed by atoms with Gasteiger partial charge in [0.25, 0.3) is 5.91 Å². The van der Waals surface area contributed by atoms with Crippen molar-refractivity contribution < 1.29 is 14.3 Å². The van der Waals surface area contributed by atoms with Gasteiger partial charge in [0.15, 0.2) is 0 Å². The maximum Gasteiger partial charge on any atom is 0.341 e. The number of carbonyl (C=O) groups excluding carboxylic acids is 2. The van der Waals surface area contributed by atoms with Crippen LogP contribution in [0.3, 0.4) is 0 Å². The summed E-state index contributed by atoms with van der Waals surface area (Å²) in [4.78, 5) is 29.6. The maximum absolute atomic E-state index is 12.7. The van der Waals surface area contributed by atoms with Crippen LogP contribution in [-0.4, -0.2) is 43.2 Å². The average Bonchev–Trinajstić information content (AvgIpc) is 2.98. The number of anilines is 1. The molecule has 0 saturated carbocycles. The summed E-state index contributed by atoms with van der Waals surface area (Å²) >= 11 is 3.06. The predicted molar refractivity (Wildman–Crippen MR) is 106 cm³/mol. The van der Waals surface area contributed by atoms with E-state index in [-0.39, 0.29) is 11.9 Å². The van der Waals surface area contributed by atoms with Gasteiger partial charge in [0, 0.05) is 28.4 Å². The number of thioether (sulfide) groups is 1. The average molecular weight is 391 g/mol. The third kappa shape index (κ3) is 3.95. The fourth-order valence-electron chi connectivity index (χ4n) is 2.98. The third-order valence-corrected chi connectivity index (χ3v) is 6.14. The number of benzene rings is 1. The molecule has 1 aliphatic heterocycles. The topological polar surface area (TPSA) is 58.6 Å². The summed E-state index contributed by atoms with van der Waals surface area (Å²) in [7, 11) is 2.05. The minimum atomic E-state index is -0.359. The summed E-state index contributed by atoms with van der Waals surface area (Å²) in [6.45, 7) is 3.77. The van der Waals surface area contributed by atoms with E-state index in [1.165, 1.54) is 11.3 Å². The molecular formula is C19H22N2O3S2. The predicted octanol–water partition coefficient (Wildman–Crippen LogP) is 3.89. The highest BCUT2D eigenvalue weighted by Gasteiger charge is 2.28. The van der Waals surface area contributed by atoms with E-state index < -0.39 is 0 Å². The Hall–Kier alpha value is -1.83. The lowest BCUT2D eigenvalue weighted by Crippen LogP contribution is -2.26. The molecule has 1 aromatic heterocycles. The van der Waals surface area contributed by atoms with Gasteiger partial charge in [-0.1, -0.05) is 6.07 Å². The van der Waals surface area contributed by atoms with Gasteiger partial charge in [0.2, 0.25) is 0 Å². The summed E-state index contributed by atoms with van der Waals surface area (Å²) in [5.74, 6) is -0.568. The second-order valence-electron chi connectivity index (χ2n) is 6.10. The number of likely N-dealkylation sites (N-methyl/N-ethyl adjacent to an activating group) is 1. The Morgan fingerprint density at radius 3 is 2.92 bits per heavy atom. The summed E-state index contributed by atoms with van der Waals surface area (Å²) in [6.07, 6.45) is 2.76. The molecule has 1 amide bonds. The van der Waals surface area contributed by atoms with Gasteiger partial charge in [-0.3, -0.25) is 4.79 Å². The fourth-order valence-corrected chi connectivity index (χ4v) is 4.75. The number of nitrogens with one attached hydrogen (secondary N) is 1. The number of hydrogen-bond acceptors (Lipinski definition) is 6. The van der Waals surface area contributed by atoms with Crippen LogP contribution in [0.15, 0.2) is 29.2 Å². The lowest BCUT2D eigenvalue weighted by molar-refractivity contribution is 0.0526. The largest absolute Gasteiger partial charge is 0.462 e. The Morgan fingerprint density at radius 1 is 1.38 bits per heavy atom. The summed E-state index contributed by atoms with van der Waals surface area (Å²) in [6, 6.07) is 7.46. The molecule has 0 aliphatic carbocycles. The highest BCUT2D eigenvalue weighted by atomic mass is 32.2. The van der Waals surface area contributed by atoms with Crippen LogP contribution in [0.5, 0.6) is 0 Å². The van der Waals surface area contributed by atoms with Gasteiger partial charge < -0.3 is 15.0 Å². The second kappa shape index (κ2) is 8.24. The van der Waals surface area contributed by atoms with E-state index in [0.717, 1.165) is 34.8 Å². The third-order valence-electron chi connectivity index (χ3n) is 4.29. The van der Waals surface area contributed by atoms with Crippen molar-refractivity contribution in [1.29, 1.82) is 0 Å². The normalized spacial score (nSPS) is 14.0. The molecule has 0 bridgehead atoms. The van der Waals surface area contributed by atoms with E-state index in [9.17, 15) is 9.59 Å². The number of fused-ring (bicyclic) bond motifs is 1. The minimum Gasteiger partial charge on any atom is -0.462 e. The van der Waals surface area contributed by atoms with Crippen LogP contribution in [-0.2, 0) is 17.7 Å². The highest BCUT2D eigenvalue weighted by Crippen LogP contribution is 2.37.